The number of nitrogens with one attached hydrogen (secondary N) is 1. The summed E-state index contributed by atoms with van der Waals surface area (Å²) in [5.74, 6) is -0.464. The minimum absolute atomic E-state index is 0.00130. The summed E-state index contributed by atoms with van der Waals surface area (Å²) in [6.45, 7) is 10.5. The number of carbonyl (C=O) groups is 2. The second-order valence-corrected chi connectivity index (χ2v) is 9.15. The van der Waals surface area contributed by atoms with Gasteiger partial charge in [0.15, 0.2) is 0 Å². The summed E-state index contributed by atoms with van der Waals surface area (Å²) in [5, 5.41) is 2.60. The van der Waals surface area contributed by atoms with E-state index >= 15 is 0 Å². The highest BCUT2D eigenvalue weighted by molar-refractivity contribution is 8.01. The number of thioether (sulfide) groups is 1. The number of hydrogen-bond acceptors (Lipinski definition) is 3. The first-order valence-electron chi connectivity index (χ1n) is 10.2. The lowest BCUT2D eigenvalue weighted by molar-refractivity contribution is -0.128. The lowest BCUT2D eigenvalue weighted by Gasteiger charge is -2.36. The molecule has 0 radical (unpaired) electrons. The molecule has 0 aliphatic carbocycles. The monoisotopic (exact) mass is 410 g/mol. The number of carbonyl (C=O) groups excluding carboxylic acids is 2. The molecular formula is C24H30N2O2S. The van der Waals surface area contributed by atoms with Gasteiger partial charge in [-0.1, -0.05) is 49.7 Å². The van der Waals surface area contributed by atoms with E-state index in [0.29, 0.717) is 6.54 Å². The van der Waals surface area contributed by atoms with Crippen LogP contribution in [0, 0.1) is 19.8 Å². The lowest BCUT2D eigenvalue weighted by Crippen LogP contribution is -2.48. The first-order valence-corrected chi connectivity index (χ1v) is 11.1. The Kier molecular flexibility index (Phi) is 6.68. The quantitative estimate of drug-likeness (QED) is 0.740. The molecule has 0 saturated carbocycles. The van der Waals surface area contributed by atoms with Crippen LogP contribution in [-0.2, 0) is 16.1 Å². The van der Waals surface area contributed by atoms with Gasteiger partial charge in [-0.2, -0.15) is 0 Å². The number of amides is 2. The molecule has 5 heteroatoms. The third kappa shape index (κ3) is 4.67. The minimum Gasteiger partial charge on any atom is -0.353 e. The van der Waals surface area contributed by atoms with E-state index in [1.807, 2.05) is 49.9 Å². The molecule has 3 rings (SSSR count). The van der Waals surface area contributed by atoms with Crippen LogP contribution in [0.15, 0.2) is 47.4 Å². The molecule has 1 aliphatic rings. The lowest BCUT2D eigenvalue weighted by atomic mass is 10.0. The van der Waals surface area contributed by atoms with E-state index in [0.717, 1.165) is 22.6 Å². The summed E-state index contributed by atoms with van der Waals surface area (Å²) in [6, 6.07) is 14.4. The van der Waals surface area contributed by atoms with Crippen LogP contribution in [0.25, 0.3) is 0 Å². The molecule has 2 aromatic carbocycles. The normalized spacial score (nSPS) is 18.2. The zero-order valence-corrected chi connectivity index (χ0v) is 18.7. The van der Waals surface area contributed by atoms with Crippen molar-refractivity contribution in [2.75, 3.05) is 4.90 Å². The third-order valence-electron chi connectivity index (χ3n) is 5.62. The van der Waals surface area contributed by atoms with E-state index in [1.54, 1.807) is 0 Å². The van der Waals surface area contributed by atoms with Crippen molar-refractivity contribution in [2.24, 2.45) is 5.92 Å². The summed E-state index contributed by atoms with van der Waals surface area (Å²) in [4.78, 5) is 29.2. The number of benzene rings is 2. The smallest absolute Gasteiger partial charge is 0.241 e. The van der Waals surface area contributed by atoms with Gasteiger partial charge in [0, 0.05) is 10.9 Å². The van der Waals surface area contributed by atoms with Crippen LogP contribution >= 0.6 is 11.8 Å². The molecule has 1 N–H and O–H groups in total. The number of anilines is 1. The van der Waals surface area contributed by atoms with Gasteiger partial charge < -0.3 is 10.2 Å². The number of fused-ring (bicyclic) bond motifs is 1. The molecule has 0 saturated heterocycles. The molecule has 0 fully saturated rings. The molecule has 2 aromatic rings. The highest BCUT2D eigenvalue weighted by Crippen LogP contribution is 2.42. The van der Waals surface area contributed by atoms with Crippen LogP contribution in [0.2, 0.25) is 0 Å². The van der Waals surface area contributed by atoms with Crippen molar-refractivity contribution in [3.8, 4) is 0 Å². The molecule has 154 valence electrons. The van der Waals surface area contributed by atoms with Crippen molar-refractivity contribution in [3.05, 3.63) is 59.2 Å². The van der Waals surface area contributed by atoms with Crippen molar-refractivity contribution in [2.45, 2.75) is 63.8 Å². The Morgan fingerprint density at radius 3 is 2.62 bits per heavy atom. The van der Waals surface area contributed by atoms with Crippen molar-refractivity contribution in [1.29, 1.82) is 0 Å². The van der Waals surface area contributed by atoms with Crippen LogP contribution in [0.4, 0.5) is 5.69 Å². The van der Waals surface area contributed by atoms with Gasteiger partial charge in [-0.3, -0.25) is 9.59 Å². The molecule has 0 aromatic heterocycles. The highest BCUT2D eigenvalue weighted by Gasteiger charge is 2.39. The molecule has 29 heavy (non-hydrogen) atoms. The van der Waals surface area contributed by atoms with E-state index in [1.165, 1.54) is 22.9 Å². The van der Waals surface area contributed by atoms with Gasteiger partial charge in [-0.25, -0.2) is 0 Å². The van der Waals surface area contributed by atoms with Crippen molar-refractivity contribution >= 4 is 29.3 Å². The van der Waals surface area contributed by atoms with E-state index in [2.05, 4.69) is 37.4 Å². The maximum Gasteiger partial charge on any atom is 0.241 e. The number of hydrogen-bond donors (Lipinski definition) is 1. The fraction of sp³-hybridized carbons (Fsp3) is 0.417. The van der Waals surface area contributed by atoms with Crippen molar-refractivity contribution in [1.82, 2.24) is 5.32 Å². The molecule has 3 unspecified atom stereocenters. The molecule has 1 heterocycles. The Bertz CT molecular complexity index is 912. The summed E-state index contributed by atoms with van der Waals surface area (Å²) >= 11 is 1.51. The Hall–Kier alpha value is -2.27. The molecule has 0 spiro atoms. The van der Waals surface area contributed by atoms with E-state index in [9.17, 15) is 9.59 Å². The SMILES string of the molecule is CCC(C)NC(=O)C(C)C1Sc2ccccc2N(Cc2cc(C)ccc2C)C1=O. The maximum absolute atomic E-state index is 13.5. The number of para-hydroxylation sites is 1. The van der Waals surface area contributed by atoms with E-state index in [-0.39, 0.29) is 17.9 Å². The fourth-order valence-corrected chi connectivity index (χ4v) is 4.76. The Labute approximate surface area is 178 Å². The maximum atomic E-state index is 13.5. The van der Waals surface area contributed by atoms with Gasteiger partial charge in [0.1, 0.15) is 5.25 Å². The van der Waals surface area contributed by atoms with Crippen LogP contribution in [0.3, 0.4) is 0 Å². The highest BCUT2D eigenvalue weighted by atomic mass is 32.2. The Morgan fingerprint density at radius 2 is 1.90 bits per heavy atom. The van der Waals surface area contributed by atoms with Gasteiger partial charge in [0.25, 0.3) is 0 Å². The molecule has 2 amide bonds. The number of nitrogens with zero attached hydrogens (tertiary/aromatic N) is 1. The average Bonchev–Trinajstić information content (AvgIpc) is 2.71. The van der Waals surface area contributed by atoms with Gasteiger partial charge in [0.05, 0.1) is 18.2 Å². The fourth-order valence-electron chi connectivity index (χ4n) is 3.47. The summed E-state index contributed by atoms with van der Waals surface area (Å²) in [7, 11) is 0. The van der Waals surface area contributed by atoms with Gasteiger partial charge >= 0.3 is 0 Å². The second kappa shape index (κ2) is 9.04. The van der Waals surface area contributed by atoms with Crippen LogP contribution < -0.4 is 10.2 Å². The van der Waals surface area contributed by atoms with Crippen molar-refractivity contribution < 1.29 is 9.59 Å². The predicted molar refractivity (Wildman–Crippen MR) is 120 cm³/mol. The summed E-state index contributed by atoms with van der Waals surface area (Å²) in [6.07, 6.45) is 0.867. The Balaban J connectivity index is 1.92. The summed E-state index contributed by atoms with van der Waals surface area (Å²) < 4.78 is 0. The summed E-state index contributed by atoms with van der Waals surface area (Å²) in [5.41, 5.74) is 4.40. The minimum atomic E-state index is -0.431. The molecule has 0 bridgehead atoms. The topological polar surface area (TPSA) is 49.4 Å². The zero-order valence-electron chi connectivity index (χ0n) is 17.9. The molecular weight excluding hydrogens is 380 g/mol. The van der Waals surface area contributed by atoms with Gasteiger partial charge in [-0.15, -0.1) is 11.8 Å². The standard InChI is InChI=1S/C24H30N2O2S/c1-6-17(4)25-23(27)18(5)22-24(28)26(20-9-7-8-10-21(20)29-22)14-19-13-15(2)11-12-16(19)3/h7-13,17-18,22H,6,14H2,1-5H3,(H,25,27). The first kappa shape index (κ1) is 21.4. The van der Waals surface area contributed by atoms with Gasteiger partial charge in [0.2, 0.25) is 11.8 Å². The average molecular weight is 411 g/mol. The first-order chi connectivity index (χ1) is 13.8. The third-order valence-corrected chi connectivity index (χ3v) is 7.08. The largest absolute Gasteiger partial charge is 0.353 e. The number of rotatable bonds is 6. The molecule has 3 atom stereocenters. The van der Waals surface area contributed by atoms with Crippen LogP contribution in [-0.4, -0.2) is 23.1 Å². The van der Waals surface area contributed by atoms with Crippen LogP contribution in [0.1, 0.15) is 43.9 Å². The zero-order chi connectivity index (χ0) is 21.1. The predicted octanol–water partition coefficient (Wildman–Crippen LogP) is 4.86. The van der Waals surface area contributed by atoms with Crippen molar-refractivity contribution in [3.63, 3.8) is 0 Å². The van der Waals surface area contributed by atoms with Gasteiger partial charge in [-0.05, 0) is 50.5 Å². The van der Waals surface area contributed by atoms with Crippen LogP contribution in [0.5, 0.6) is 0 Å². The molecule has 4 nitrogen and oxygen atoms in total. The Morgan fingerprint density at radius 1 is 1.17 bits per heavy atom. The van der Waals surface area contributed by atoms with E-state index < -0.39 is 11.2 Å². The number of aryl methyl sites for hydroxylation is 2. The molecule has 1 aliphatic heterocycles. The second-order valence-electron chi connectivity index (χ2n) is 7.97. The van der Waals surface area contributed by atoms with E-state index in [4.69, 9.17) is 0 Å².